The number of halogens is 2. The van der Waals surface area contributed by atoms with E-state index in [4.69, 9.17) is 21.1 Å². The molecule has 0 bridgehead atoms. The van der Waals surface area contributed by atoms with Crippen LogP contribution in [0, 0.1) is 0 Å². The van der Waals surface area contributed by atoms with Crippen LogP contribution in [-0.4, -0.2) is 44.3 Å². The maximum Gasteiger partial charge on any atom is 0.138 e. The maximum absolute atomic E-state index is 10.3. The van der Waals surface area contributed by atoms with Gasteiger partial charge >= 0.3 is 0 Å². The molecular formula is C20H22ClIO5. The molecule has 0 unspecified atom stereocenters. The van der Waals surface area contributed by atoms with Crippen LogP contribution in [0.1, 0.15) is 29.7 Å². The van der Waals surface area contributed by atoms with E-state index in [0.29, 0.717) is 23.6 Å². The Morgan fingerprint density at radius 2 is 1.74 bits per heavy atom. The van der Waals surface area contributed by atoms with Crippen molar-refractivity contribution in [2.75, 3.05) is 6.61 Å². The predicted octanol–water partition coefficient (Wildman–Crippen LogP) is 3.24. The highest BCUT2D eigenvalue weighted by molar-refractivity contribution is 14.1. The summed E-state index contributed by atoms with van der Waals surface area (Å²) < 4.78 is 10.6. The Balaban J connectivity index is 1.82. The first kappa shape index (κ1) is 20.8. The van der Waals surface area contributed by atoms with Crippen molar-refractivity contribution >= 4 is 34.2 Å². The second kappa shape index (κ2) is 9.07. The molecule has 1 aliphatic heterocycles. The van der Waals surface area contributed by atoms with Gasteiger partial charge in [0.1, 0.15) is 34.3 Å². The molecule has 2 aromatic carbocycles. The van der Waals surface area contributed by atoms with E-state index in [1.807, 2.05) is 59.8 Å². The molecule has 2 aromatic rings. The lowest BCUT2D eigenvalue weighted by Crippen LogP contribution is -2.52. The van der Waals surface area contributed by atoms with E-state index in [-0.39, 0.29) is 0 Å². The molecule has 0 aromatic heterocycles. The van der Waals surface area contributed by atoms with Crippen LogP contribution in [0.15, 0.2) is 42.5 Å². The van der Waals surface area contributed by atoms with Crippen LogP contribution in [0.3, 0.4) is 0 Å². The highest BCUT2D eigenvalue weighted by Gasteiger charge is 2.43. The van der Waals surface area contributed by atoms with Crippen LogP contribution in [0.25, 0.3) is 0 Å². The molecule has 0 spiro atoms. The fraction of sp³-hybridized carbons (Fsp3) is 0.400. The average Bonchev–Trinajstić information content (AvgIpc) is 2.66. The number of benzene rings is 2. The lowest BCUT2D eigenvalue weighted by atomic mass is 9.92. The topological polar surface area (TPSA) is 79.2 Å². The molecule has 1 heterocycles. The largest absolute Gasteiger partial charge is 0.494 e. The number of aliphatic hydroxyl groups is 3. The molecule has 1 saturated heterocycles. The number of ether oxygens (including phenoxy) is 2. The number of hydrogen-bond acceptors (Lipinski definition) is 5. The zero-order valence-electron chi connectivity index (χ0n) is 14.8. The molecule has 0 aliphatic carbocycles. The molecular weight excluding hydrogens is 483 g/mol. The fourth-order valence-corrected chi connectivity index (χ4v) is 4.04. The minimum atomic E-state index is -1.27. The first-order valence-corrected chi connectivity index (χ1v) is 10.4. The molecule has 27 heavy (non-hydrogen) atoms. The van der Waals surface area contributed by atoms with Gasteiger partial charge in [-0.15, -0.1) is 0 Å². The van der Waals surface area contributed by atoms with Gasteiger partial charge in [0.05, 0.1) is 6.61 Å². The van der Waals surface area contributed by atoms with Crippen LogP contribution in [0.4, 0.5) is 0 Å². The molecule has 3 N–H and O–H groups in total. The zero-order chi connectivity index (χ0) is 19.6. The normalized spacial score (nSPS) is 28.1. The molecule has 0 radical (unpaired) electrons. The number of alkyl halides is 1. The van der Waals surface area contributed by atoms with Gasteiger partial charge in [-0.25, -0.2) is 0 Å². The summed E-state index contributed by atoms with van der Waals surface area (Å²) in [5.41, 5.74) is 2.67. The van der Waals surface area contributed by atoms with Crippen LogP contribution >= 0.6 is 34.2 Å². The maximum atomic E-state index is 10.3. The first-order valence-electron chi connectivity index (χ1n) is 8.74. The van der Waals surface area contributed by atoms with Crippen molar-refractivity contribution in [2.24, 2.45) is 0 Å². The van der Waals surface area contributed by atoms with E-state index in [2.05, 4.69) is 0 Å². The van der Waals surface area contributed by atoms with Gasteiger partial charge in [-0.3, -0.25) is 0 Å². The molecule has 3 rings (SSSR count). The van der Waals surface area contributed by atoms with Gasteiger partial charge in [0.2, 0.25) is 0 Å². The van der Waals surface area contributed by atoms with Gasteiger partial charge in [-0.05, 0) is 70.8 Å². The molecule has 5 nitrogen and oxygen atoms in total. The Morgan fingerprint density at radius 1 is 1.04 bits per heavy atom. The van der Waals surface area contributed by atoms with Gasteiger partial charge in [0, 0.05) is 5.02 Å². The van der Waals surface area contributed by atoms with Crippen LogP contribution in [0.2, 0.25) is 5.02 Å². The molecule has 0 saturated carbocycles. The number of aliphatic hydroxyl groups excluding tert-OH is 3. The third kappa shape index (κ3) is 4.75. The lowest BCUT2D eigenvalue weighted by molar-refractivity contribution is -0.195. The standard InChI is InChI=1S/C20H22ClIO5/c1-2-26-14-6-3-11(4-7-14)9-13-10-12(5-8-15(13)21)19-17(24)16(23)18(25)20(22)27-19/h3-8,10,16-20,23-25H,2,9H2,1H3/t16-,17-,18+,19+,20+/m1/s1. The Morgan fingerprint density at radius 3 is 2.41 bits per heavy atom. The van der Waals surface area contributed by atoms with Crippen molar-refractivity contribution < 1.29 is 24.8 Å². The molecule has 146 valence electrons. The summed E-state index contributed by atoms with van der Waals surface area (Å²) in [6, 6.07) is 13.2. The second-order valence-corrected chi connectivity index (χ2v) is 8.12. The van der Waals surface area contributed by atoms with E-state index in [1.165, 1.54) is 0 Å². The Kier molecular flexibility index (Phi) is 6.99. The van der Waals surface area contributed by atoms with Crippen LogP contribution < -0.4 is 4.74 Å². The van der Waals surface area contributed by atoms with E-state index in [0.717, 1.165) is 16.9 Å². The predicted molar refractivity (Wildman–Crippen MR) is 112 cm³/mol. The molecule has 1 aliphatic rings. The third-order valence-corrected chi connectivity index (χ3v) is 5.98. The minimum Gasteiger partial charge on any atom is -0.494 e. The van der Waals surface area contributed by atoms with Crippen molar-refractivity contribution in [1.82, 2.24) is 0 Å². The quantitative estimate of drug-likeness (QED) is 0.430. The van der Waals surface area contributed by atoms with Gasteiger partial charge in [-0.1, -0.05) is 35.9 Å². The zero-order valence-corrected chi connectivity index (χ0v) is 17.7. The second-order valence-electron chi connectivity index (χ2n) is 6.48. The van der Waals surface area contributed by atoms with Crippen molar-refractivity contribution in [3.05, 3.63) is 64.2 Å². The Hall–Kier alpha value is -0.900. The van der Waals surface area contributed by atoms with E-state index in [9.17, 15) is 15.3 Å². The highest BCUT2D eigenvalue weighted by atomic mass is 127. The first-order chi connectivity index (χ1) is 12.9. The van der Waals surface area contributed by atoms with Gasteiger partial charge in [-0.2, -0.15) is 0 Å². The summed E-state index contributed by atoms with van der Waals surface area (Å²) in [6.45, 7) is 2.56. The number of hydrogen-bond donors (Lipinski definition) is 3. The van der Waals surface area contributed by atoms with Crippen LogP contribution in [-0.2, 0) is 11.2 Å². The number of rotatable bonds is 5. The van der Waals surface area contributed by atoms with E-state index < -0.39 is 28.5 Å². The van der Waals surface area contributed by atoms with Crippen molar-refractivity contribution in [2.45, 2.75) is 41.9 Å². The summed E-state index contributed by atoms with van der Waals surface area (Å²) in [6.07, 6.45) is -3.74. The average molecular weight is 505 g/mol. The third-order valence-electron chi connectivity index (χ3n) is 4.58. The lowest BCUT2D eigenvalue weighted by Gasteiger charge is -2.38. The molecule has 1 fully saturated rings. The van der Waals surface area contributed by atoms with Gasteiger partial charge < -0.3 is 24.8 Å². The summed E-state index contributed by atoms with van der Waals surface area (Å²) in [7, 11) is 0. The molecule has 0 amide bonds. The van der Waals surface area contributed by atoms with Crippen molar-refractivity contribution in [3.8, 4) is 5.75 Å². The Bertz CT molecular complexity index is 769. The van der Waals surface area contributed by atoms with Crippen molar-refractivity contribution in [3.63, 3.8) is 0 Å². The highest BCUT2D eigenvalue weighted by Crippen LogP contribution is 2.36. The summed E-state index contributed by atoms with van der Waals surface area (Å²) in [5, 5.41) is 30.9. The van der Waals surface area contributed by atoms with Crippen molar-refractivity contribution in [1.29, 1.82) is 0 Å². The summed E-state index contributed by atoms with van der Waals surface area (Å²) in [5.74, 6) is 0.820. The van der Waals surface area contributed by atoms with E-state index in [1.54, 1.807) is 12.1 Å². The molecule has 7 heteroatoms. The van der Waals surface area contributed by atoms with Crippen LogP contribution in [0.5, 0.6) is 5.75 Å². The minimum absolute atomic E-state index is 0.612. The SMILES string of the molecule is CCOc1ccc(Cc2cc([C@@H]3O[C@H](I)[C@@H](O)[C@H](O)[C@H]3O)ccc2Cl)cc1. The van der Waals surface area contributed by atoms with E-state index >= 15 is 0 Å². The van der Waals surface area contributed by atoms with Gasteiger partial charge in [0.15, 0.2) is 0 Å². The smallest absolute Gasteiger partial charge is 0.138 e. The monoisotopic (exact) mass is 504 g/mol. The fourth-order valence-electron chi connectivity index (χ4n) is 3.11. The summed E-state index contributed by atoms with van der Waals surface area (Å²) in [4.78, 5) is 0. The van der Waals surface area contributed by atoms with Gasteiger partial charge in [0.25, 0.3) is 0 Å². The summed E-state index contributed by atoms with van der Waals surface area (Å²) >= 11 is 8.28. The molecule has 5 atom stereocenters. The Labute approximate surface area is 177 Å².